The molecule has 1 aliphatic carbocycles. The third-order valence-electron chi connectivity index (χ3n) is 4.23. The van der Waals surface area contributed by atoms with Gasteiger partial charge in [-0.25, -0.2) is 15.0 Å². The molecule has 0 bridgehead atoms. The summed E-state index contributed by atoms with van der Waals surface area (Å²) >= 11 is 1.75. The lowest BCUT2D eigenvalue weighted by atomic mass is 10.2. The summed E-state index contributed by atoms with van der Waals surface area (Å²) in [5, 5.41) is 4.57. The average Bonchev–Trinajstić information content (AvgIpc) is 3.38. The van der Waals surface area contributed by atoms with Gasteiger partial charge in [0.05, 0.1) is 11.7 Å². The highest BCUT2D eigenvalue weighted by atomic mass is 32.1. The number of hydrogen-bond acceptors (Lipinski definition) is 5. The molecule has 0 amide bonds. The highest BCUT2D eigenvalue weighted by Crippen LogP contribution is 2.38. The highest BCUT2D eigenvalue weighted by Gasteiger charge is 2.26. The van der Waals surface area contributed by atoms with Crippen molar-refractivity contribution in [1.29, 1.82) is 0 Å². The maximum Gasteiger partial charge on any atom is 0.133 e. The van der Waals surface area contributed by atoms with Crippen LogP contribution in [0.4, 0.5) is 5.82 Å². The van der Waals surface area contributed by atoms with E-state index in [4.69, 9.17) is 4.98 Å². The lowest BCUT2D eigenvalue weighted by Gasteiger charge is -2.14. The van der Waals surface area contributed by atoms with Crippen molar-refractivity contribution in [2.75, 3.05) is 5.32 Å². The average molecular weight is 336 g/mol. The van der Waals surface area contributed by atoms with E-state index in [1.165, 1.54) is 23.3 Å². The van der Waals surface area contributed by atoms with Gasteiger partial charge in [0.15, 0.2) is 0 Å². The molecule has 1 N–H and O–H groups in total. The number of thiazole rings is 1. The van der Waals surface area contributed by atoms with Crippen LogP contribution >= 0.6 is 11.3 Å². The van der Waals surface area contributed by atoms with Crippen LogP contribution in [0.25, 0.3) is 10.6 Å². The highest BCUT2D eigenvalue weighted by molar-refractivity contribution is 7.15. The van der Waals surface area contributed by atoms with Gasteiger partial charge in [-0.1, -0.05) is 30.3 Å². The number of aryl methyl sites for hydroxylation is 1. The van der Waals surface area contributed by atoms with Gasteiger partial charge >= 0.3 is 0 Å². The smallest absolute Gasteiger partial charge is 0.133 e. The molecule has 24 heavy (non-hydrogen) atoms. The Balaban J connectivity index is 1.55. The topological polar surface area (TPSA) is 50.7 Å². The first-order valence-corrected chi connectivity index (χ1v) is 9.14. The minimum absolute atomic E-state index is 0.168. The van der Waals surface area contributed by atoms with Gasteiger partial charge in [-0.15, -0.1) is 11.3 Å². The molecule has 1 aromatic carbocycles. The van der Waals surface area contributed by atoms with Crippen LogP contribution in [0.2, 0.25) is 0 Å². The largest absolute Gasteiger partial charge is 0.363 e. The third kappa shape index (κ3) is 3.17. The van der Waals surface area contributed by atoms with E-state index in [0.717, 1.165) is 22.3 Å². The molecule has 4 nitrogen and oxygen atoms in total. The Morgan fingerprint density at radius 3 is 2.67 bits per heavy atom. The van der Waals surface area contributed by atoms with Crippen molar-refractivity contribution in [3.05, 3.63) is 59.0 Å². The van der Waals surface area contributed by atoms with Crippen molar-refractivity contribution in [2.24, 2.45) is 0 Å². The number of anilines is 1. The molecule has 0 radical (unpaired) electrons. The number of nitrogens with one attached hydrogen (secondary N) is 1. The second-order valence-electron chi connectivity index (χ2n) is 6.28. The minimum atomic E-state index is 0.168. The molecule has 2 heterocycles. The van der Waals surface area contributed by atoms with Crippen LogP contribution in [-0.4, -0.2) is 15.0 Å². The Kier molecular flexibility index (Phi) is 4.02. The lowest BCUT2D eigenvalue weighted by molar-refractivity contribution is 0.859. The van der Waals surface area contributed by atoms with Crippen molar-refractivity contribution in [2.45, 2.75) is 38.6 Å². The summed E-state index contributed by atoms with van der Waals surface area (Å²) in [5.41, 5.74) is 2.25. The lowest BCUT2D eigenvalue weighted by Crippen LogP contribution is -2.08. The number of rotatable bonds is 5. The summed E-state index contributed by atoms with van der Waals surface area (Å²) in [7, 11) is 0. The molecule has 122 valence electrons. The molecule has 1 unspecified atom stereocenters. The predicted octanol–water partition coefficient (Wildman–Crippen LogP) is 4.96. The zero-order valence-corrected chi connectivity index (χ0v) is 14.7. The molecule has 4 rings (SSSR count). The molecule has 1 fully saturated rings. The van der Waals surface area contributed by atoms with E-state index in [9.17, 15) is 0 Å². The van der Waals surface area contributed by atoms with Crippen LogP contribution in [0.5, 0.6) is 0 Å². The summed E-state index contributed by atoms with van der Waals surface area (Å²) in [6.45, 7) is 4.24. The second kappa shape index (κ2) is 6.32. The Hall–Kier alpha value is -2.27. The zero-order valence-electron chi connectivity index (χ0n) is 13.9. The molecular formula is C19H20N4S. The van der Waals surface area contributed by atoms with E-state index < -0.39 is 0 Å². The standard InChI is InChI=1S/C19H20N4S/c1-12(21-16-10-11-20-18(23-16)14-8-9-14)17-13(2)22-19(24-17)15-6-4-3-5-7-15/h3-7,10-12,14H,8-9H2,1-2H3,(H,20,21,23). The van der Waals surface area contributed by atoms with E-state index in [0.29, 0.717) is 5.92 Å². The number of aromatic nitrogens is 3. The van der Waals surface area contributed by atoms with Crippen molar-refractivity contribution < 1.29 is 0 Å². The first-order valence-electron chi connectivity index (χ1n) is 8.33. The fourth-order valence-electron chi connectivity index (χ4n) is 2.79. The SMILES string of the molecule is Cc1nc(-c2ccccc2)sc1C(C)Nc1ccnc(C2CC2)n1. The van der Waals surface area contributed by atoms with Gasteiger partial charge in [0.2, 0.25) is 0 Å². The quantitative estimate of drug-likeness (QED) is 0.715. The van der Waals surface area contributed by atoms with Gasteiger partial charge in [-0.3, -0.25) is 0 Å². The van der Waals surface area contributed by atoms with E-state index in [1.807, 2.05) is 30.5 Å². The number of nitrogens with zero attached hydrogens (tertiary/aromatic N) is 3. The molecule has 1 atom stereocenters. The Morgan fingerprint density at radius 2 is 1.92 bits per heavy atom. The molecular weight excluding hydrogens is 316 g/mol. The van der Waals surface area contributed by atoms with Crippen LogP contribution in [0.15, 0.2) is 42.6 Å². The summed E-state index contributed by atoms with van der Waals surface area (Å²) in [5.74, 6) is 2.43. The molecule has 3 aromatic rings. The Morgan fingerprint density at radius 1 is 1.12 bits per heavy atom. The van der Waals surface area contributed by atoms with Crippen molar-refractivity contribution >= 4 is 17.2 Å². The fourth-order valence-corrected chi connectivity index (χ4v) is 3.87. The second-order valence-corrected chi connectivity index (χ2v) is 7.31. The van der Waals surface area contributed by atoms with Gasteiger partial charge in [-0.05, 0) is 32.8 Å². The minimum Gasteiger partial charge on any atom is -0.363 e. The molecule has 1 aliphatic rings. The van der Waals surface area contributed by atoms with Gasteiger partial charge < -0.3 is 5.32 Å². The summed E-state index contributed by atoms with van der Waals surface area (Å²) in [4.78, 5) is 15.0. The van der Waals surface area contributed by atoms with Crippen LogP contribution in [0.3, 0.4) is 0 Å². The normalized spacial score (nSPS) is 15.2. The fraction of sp³-hybridized carbons (Fsp3) is 0.316. The zero-order chi connectivity index (χ0) is 16.5. The van der Waals surface area contributed by atoms with Gasteiger partial charge in [0, 0.05) is 22.6 Å². The predicted molar refractivity (Wildman–Crippen MR) is 98.3 cm³/mol. The van der Waals surface area contributed by atoms with E-state index in [-0.39, 0.29) is 6.04 Å². The van der Waals surface area contributed by atoms with E-state index >= 15 is 0 Å². The summed E-state index contributed by atoms with van der Waals surface area (Å²) in [6.07, 6.45) is 4.28. The Bertz CT molecular complexity index is 840. The van der Waals surface area contributed by atoms with E-state index in [2.05, 4.69) is 41.3 Å². The summed E-state index contributed by atoms with van der Waals surface area (Å²) < 4.78 is 0. The van der Waals surface area contributed by atoms with Gasteiger partial charge in [-0.2, -0.15) is 0 Å². The molecule has 5 heteroatoms. The maximum atomic E-state index is 4.75. The van der Waals surface area contributed by atoms with Crippen molar-refractivity contribution in [1.82, 2.24) is 15.0 Å². The van der Waals surface area contributed by atoms with Gasteiger partial charge in [0.1, 0.15) is 16.6 Å². The maximum absolute atomic E-state index is 4.75. The molecule has 0 aliphatic heterocycles. The first-order chi connectivity index (χ1) is 11.7. The molecule has 0 saturated heterocycles. The number of hydrogen-bond donors (Lipinski definition) is 1. The van der Waals surface area contributed by atoms with Crippen LogP contribution in [0, 0.1) is 6.92 Å². The monoisotopic (exact) mass is 336 g/mol. The Labute approximate surface area is 146 Å². The van der Waals surface area contributed by atoms with Crippen LogP contribution in [-0.2, 0) is 0 Å². The van der Waals surface area contributed by atoms with Crippen molar-refractivity contribution in [3.8, 4) is 10.6 Å². The first kappa shape index (κ1) is 15.3. The van der Waals surface area contributed by atoms with Crippen LogP contribution in [0.1, 0.15) is 48.1 Å². The van der Waals surface area contributed by atoms with Gasteiger partial charge in [0.25, 0.3) is 0 Å². The van der Waals surface area contributed by atoms with Crippen molar-refractivity contribution in [3.63, 3.8) is 0 Å². The van der Waals surface area contributed by atoms with Crippen LogP contribution < -0.4 is 5.32 Å². The molecule has 0 spiro atoms. The third-order valence-corrected chi connectivity index (χ3v) is 5.62. The molecule has 2 aromatic heterocycles. The number of benzene rings is 1. The summed E-state index contributed by atoms with van der Waals surface area (Å²) in [6, 6.07) is 12.4. The molecule has 1 saturated carbocycles. The van der Waals surface area contributed by atoms with E-state index in [1.54, 1.807) is 11.3 Å².